The molecular formula is C10H20BO3. The molecule has 2 aliphatic rings. The molecule has 1 radical (unpaired) electrons. The van der Waals surface area contributed by atoms with E-state index in [0.29, 0.717) is 0 Å². The van der Waals surface area contributed by atoms with Crippen LogP contribution in [0.2, 0.25) is 0 Å². The van der Waals surface area contributed by atoms with Crippen LogP contribution in [0.15, 0.2) is 0 Å². The molecule has 0 aromatic rings. The van der Waals surface area contributed by atoms with Crippen LogP contribution in [0, 0.1) is 0 Å². The van der Waals surface area contributed by atoms with Gasteiger partial charge in [-0.3, -0.25) is 0 Å². The topological polar surface area (TPSA) is 27.7 Å². The minimum atomic E-state index is -0.188. The summed E-state index contributed by atoms with van der Waals surface area (Å²) in [5, 5.41) is 0. The van der Waals surface area contributed by atoms with Crippen LogP contribution in [0.1, 0.15) is 40.5 Å². The lowest BCUT2D eigenvalue weighted by Gasteiger charge is -2.32. The molecule has 0 saturated carbocycles. The maximum Gasteiger partial charge on any atom is 0.488 e. The highest BCUT2D eigenvalue weighted by Gasteiger charge is 2.44. The number of ether oxygens (including phenoxy) is 1. The minimum Gasteiger partial charge on any atom is -0.405 e. The molecule has 0 amide bonds. The van der Waals surface area contributed by atoms with Crippen molar-refractivity contribution in [2.24, 2.45) is 0 Å². The summed E-state index contributed by atoms with van der Waals surface area (Å²) in [4.78, 5) is 0. The van der Waals surface area contributed by atoms with Gasteiger partial charge in [-0.05, 0) is 40.5 Å². The number of hydrogen-bond acceptors (Lipinski definition) is 3. The normalized spacial score (nSPS) is 27.7. The van der Waals surface area contributed by atoms with E-state index in [4.69, 9.17) is 14.0 Å². The number of hydrogen-bond donors (Lipinski definition) is 0. The van der Waals surface area contributed by atoms with E-state index in [1.54, 1.807) is 0 Å². The van der Waals surface area contributed by atoms with E-state index in [1.165, 1.54) is 20.5 Å². The average molecular weight is 199 g/mol. The zero-order valence-electron chi connectivity index (χ0n) is 9.63. The van der Waals surface area contributed by atoms with Gasteiger partial charge in [0.2, 0.25) is 0 Å². The molecule has 2 rings (SSSR count). The molecule has 0 aliphatic carbocycles. The van der Waals surface area contributed by atoms with Crippen LogP contribution >= 0.6 is 0 Å². The van der Waals surface area contributed by atoms with Gasteiger partial charge >= 0.3 is 7.69 Å². The van der Waals surface area contributed by atoms with Crippen molar-refractivity contribution in [3.8, 4) is 0 Å². The van der Waals surface area contributed by atoms with Gasteiger partial charge in [-0.2, -0.15) is 0 Å². The Bertz CT molecular complexity index is 155. The van der Waals surface area contributed by atoms with Crippen LogP contribution in [0.4, 0.5) is 0 Å². The smallest absolute Gasteiger partial charge is 0.405 e. The standard InChI is InChI=1S/C6H12BO2.C4H8O/c1-5(2)6(3,4)9-7-8-5;1-2-4-5-3-1/h1-4H3;1-4H2. The van der Waals surface area contributed by atoms with Crippen LogP contribution in [-0.2, 0) is 14.0 Å². The molecule has 81 valence electrons. The minimum absolute atomic E-state index is 0.187. The van der Waals surface area contributed by atoms with Crippen molar-refractivity contribution in [3.63, 3.8) is 0 Å². The summed E-state index contributed by atoms with van der Waals surface area (Å²) in [5.41, 5.74) is -0.375. The molecule has 0 aromatic carbocycles. The van der Waals surface area contributed by atoms with Gasteiger partial charge in [-0.1, -0.05) is 0 Å². The van der Waals surface area contributed by atoms with Crippen LogP contribution < -0.4 is 0 Å². The Hall–Kier alpha value is -0.0551. The zero-order valence-corrected chi connectivity index (χ0v) is 9.63. The summed E-state index contributed by atoms with van der Waals surface area (Å²) in [5.74, 6) is 0. The summed E-state index contributed by atoms with van der Waals surface area (Å²) in [6.07, 6.45) is 2.56. The van der Waals surface area contributed by atoms with E-state index in [-0.39, 0.29) is 11.2 Å². The van der Waals surface area contributed by atoms with Gasteiger partial charge in [0.1, 0.15) is 0 Å². The molecule has 4 heteroatoms. The van der Waals surface area contributed by atoms with Crippen molar-refractivity contribution in [1.29, 1.82) is 0 Å². The van der Waals surface area contributed by atoms with Crippen LogP contribution in [0.25, 0.3) is 0 Å². The molecular weight excluding hydrogens is 179 g/mol. The third kappa shape index (κ3) is 2.97. The van der Waals surface area contributed by atoms with Crippen LogP contribution in [0.5, 0.6) is 0 Å². The fourth-order valence-corrected chi connectivity index (χ4v) is 1.06. The van der Waals surface area contributed by atoms with Crippen molar-refractivity contribution < 1.29 is 14.0 Å². The third-order valence-electron chi connectivity index (χ3n) is 2.96. The summed E-state index contributed by atoms with van der Waals surface area (Å²) in [6, 6.07) is 0. The maximum atomic E-state index is 5.21. The van der Waals surface area contributed by atoms with Gasteiger partial charge in [0.05, 0.1) is 11.2 Å². The first-order valence-corrected chi connectivity index (χ1v) is 5.21. The van der Waals surface area contributed by atoms with E-state index in [2.05, 4.69) is 0 Å². The molecule has 0 spiro atoms. The van der Waals surface area contributed by atoms with Gasteiger partial charge in [0.15, 0.2) is 0 Å². The summed E-state index contributed by atoms with van der Waals surface area (Å²) in [7, 11) is 1.42. The first-order valence-electron chi connectivity index (χ1n) is 5.21. The van der Waals surface area contributed by atoms with E-state index in [1.807, 2.05) is 27.7 Å². The predicted molar refractivity (Wildman–Crippen MR) is 56.1 cm³/mol. The van der Waals surface area contributed by atoms with E-state index < -0.39 is 0 Å². The monoisotopic (exact) mass is 199 g/mol. The summed E-state index contributed by atoms with van der Waals surface area (Å²) in [6.45, 7) is 10.0. The van der Waals surface area contributed by atoms with Gasteiger partial charge in [0.25, 0.3) is 0 Å². The van der Waals surface area contributed by atoms with Crippen molar-refractivity contribution in [2.75, 3.05) is 13.2 Å². The molecule has 2 fully saturated rings. The van der Waals surface area contributed by atoms with Crippen molar-refractivity contribution in [3.05, 3.63) is 0 Å². The van der Waals surface area contributed by atoms with Gasteiger partial charge in [0, 0.05) is 13.2 Å². The molecule has 14 heavy (non-hydrogen) atoms. The molecule has 0 unspecified atom stereocenters. The molecule has 0 atom stereocenters. The van der Waals surface area contributed by atoms with E-state index >= 15 is 0 Å². The SMILES string of the molecule is C1CCOC1.CC1(C)O[B]OC1(C)C. The average Bonchev–Trinajstić information content (AvgIpc) is 2.64. The Morgan fingerprint density at radius 2 is 1.29 bits per heavy atom. The van der Waals surface area contributed by atoms with Gasteiger partial charge < -0.3 is 14.0 Å². The Morgan fingerprint density at radius 1 is 0.857 bits per heavy atom. The second-order valence-electron chi connectivity index (χ2n) is 4.67. The zero-order chi connectivity index (χ0) is 10.7. The first-order chi connectivity index (χ1) is 6.46. The maximum absolute atomic E-state index is 5.21. The first kappa shape index (κ1) is 12.0. The Kier molecular flexibility index (Phi) is 3.99. The highest BCUT2D eigenvalue weighted by Crippen LogP contribution is 2.33. The highest BCUT2D eigenvalue weighted by atomic mass is 16.7. The molecule has 2 saturated heterocycles. The lowest BCUT2D eigenvalue weighted by Crippen LogP contribution is -2.41. The summed E-state index contributed by atoms with van der Waals surface area (Å²) >= 11 is 0. The molecule has 2 heterocycles. The van der Waals surface area contributed by atoms with E-state index in [9.17, 15) is 0 Å². The quantitative estimate of drug-likeness (QED) is 0.558. The highest BCUT2D eigenvalue weighted by molar-refractivity contribution is 6.19. The van der Waals surface area contributed by atoms with Crippen LogP contribution in [0.3, 0.4) is 0 Å². The predicted octanol–water partition coefficient (Wildman–Crippen LogP) is 1.92. The van der Waals surface area contributed by atoms with Crippen molar-refractivity contribution in [1.82, 2.24) is 0 Å². The fraction of sp³-hybridized carbons (Fsp3) is 1.00. The second-order valence-corrected chi connectivity index (χ2v) is 4.67. The molecule has 3 nitrogen and oxygen atoms in total. The molecule has 0 bridgehead atoms. The number of rotatable bonds is 0. The summed E-state index contributed by atoms with van der Waals surface area (Å²) < 4.78 is 15.4. The lowest BCUT2D eigenvalue weighted by molar-refractivity contribution is 0.00578. The lowest BCUT2D eigenvalue weighted by atomic mass is 9.90. The molecule has 2 aliphatic heterocycles. The Labute approximate surface area is 87.4 Å². The second kappa shape index (κ2) is 4.64. The molecule has 0 aromatic heterocycles. The Morgan fingerprint density at radius 3 is 1.43 bits per heavy atom. The third-order valence-corrected chi connectivity index (χ3v) is 2.96. The molecule has 0 N–H and O–H groups in total. The van der Waals surface area contributed by atoms with Gasteiger partial charge in [-0.15, -0.1) is 0 Å². The Balaban J connectivity index is 0.000000165. The fourth-order valence-electron chi connectivity index (χ4n) is 1.06. The van der Waals surface area contributed by atoms with Crippen molar-refractivity contribution >= 4 is 7.69 Å². The van der Waals surface area contributed by atoms with E-state index in [0.717, 1.165) is 13.2 Å². The van der Waals surface area contributed by atoms with Gasteiger partial charge in [-0.25, -0.2) is 0 Å². The van der Waals surface area contributed by atoms with Crippen LogP contribution in [-0.4, -0.2) is 32.1 Å². The largest absolute Gasteiger partial charge is 0.488 e. The van der Waals surface area contributed by atoms with Crippen molar-refractivity contribution in [2.45, 2.75) is 51.7 Å².